The monoisotopic (exact) mass is 111 g/mol. The molecule has 0 fully saturated rings. The summed E-state index contributed by atoms with van der Waals surface area (Å²) in [6.07, 6.45) is -1.36. The van der Waals surface area contributed by atoms with Crippen molar-refractivity contribution < 1.29 is 5.11 Å². The fraction of sp³-hybridized carbons (Fsp3) is 0.500. The van der Waals surface area contributed by atoms with E-state index >= 15 is 0 Å². The SMILES string of the molecule is N#CC(N)C(O)C#N. The summed E-state index contributed by atoms with van der Waals surface area (Å²) in [5.41, 5.74) is 4.89. The van der Waals surface area contributed by atoms with Gasteiger partial charge in [-0.15, -0.1) is 0 Å². The Labute approximate surface area is 46.8 Å². The van der Waals surface area contributed by atoms with Crippen LogP contribution in [0.2, 0.25) is 0 Å². The van der Waals surface area contributed by atoms with E-state index in [-0.39, 0.29) is 0 Å². The summed E-state index contributed by atoms with van der Waals surface area (Å²) >= 11 is 0. The van der Waals surface area contributed by atoms with Crippen molar-refractivity contribution in [2.75, 3.05) is 0 Å². The molecule has 0 spiro atoms. The molecule has 0 aliphatic heterocycles. The van der Waals surface area contributed by atoms with Gasteiger partial charge in [0.25, 0.3) is 0 Å². The molecule has 0 aliphatic carbocycles. The molecule has 2 unspecified atom stereocenters. The number of nitrogens with zero attached hydrogens (tertiary/aromatic N) is 2. The molecule has 0 aromatic rings. The Morgan fingerprint density at radius 1 is 1.38 bits per heavy atom. The van der Waals surface area contributed by atoms with Crippen LogP contribution >= 0.6 is 0 Å². The Hall–Kier alpha value is -1.10. The summed E-state index contributed by atoms with van der Waals surface area (Å²) in [5, 5.41) is 24.3. The first-order valence-electron chi connectivity index (χ1n) is 1.95. The summed E-state index contributed by atoms with van der Waals surface area (Å²) in [5.74, 6) is 0. The molecule has 3 N–H and O–H groups in total. The Bertz CT molecular complexity index is 124. The van der Waals surface area contributed by atoms with Crippen LogP contribution in [0.3, 0.4) is 0 Å². The van der Waals surface area contributed by atoms with E-state index in [0.717, 1.165) is 0 Å². The quantitative estimate of drug-likeness (QED) is 0.412. The predicted octanol–water partition coefficient (Wildman–Crippen LogP) is -1.28. The molecule has 42 valence electrons. The highest BCUT2D eigenvalue weighted by Gasteiger charge is 2.10. The van der Waals surface area contributed by atoms with Gasteiger partial charge in [0.2, 0.25) is 0 Å². The standard InChI is InChI=1S/C4H5N3O/c5-1-3(7)4(8)2-6/h3-4,8H,7H2. The van der Waals surface area contributed by atoms with Crippen molar-refractivity contribution in [3.05, 3.63) is 0 Å². The van der Waals surface area contributed by atoms with Crippen LogP contribution < -0.4 is 5.73 Å². The van der Waals surface area contributed by atoms with Gasteiger partial charge in [0.05, 0.1) is 12.1 Å². The molecule has 0 aromatic heterocycles. The lowest BCUT2D eigenvalue weighted by atomic mass is 10.2. The lowest BCUT2D eigenvalue weighted by Gasteiger charge is -1.99. The molecule has 0 radical (unpaired) electrons. The van der Waals surface area contributed by atoms with Crippen LogP contribution in [-0.2, 0) is 0 Å². The van der Waals surface area contributed by atoms with Crippen LogP contribution in [-0.4, -0.2) is 17.3 Å². The summed E-state index contributed by atoms with van der Waals surface area (Å²) in [7, 11) is 0. The third kappa shape index (κ3) is 1.57. The van der Waals surface area contributed by atoms with Crippen molar-refractivity contribution in [1.82, 2.24) is 0 Å². The predicted molar refractivity (Wildman–Crippen MR) is 25.2 cm³/mol. The molecule has 0 bridgehead atoms. The minimum absolute atomic E-state index is 1.08. The largest absolute Gasteiger partial charge is 0.375 e. The highest BCUT2D eigenvalue weighted by atomic mass is 16.3. The number of nitriles is 2. The van der Waals surface area contributed by atoms with Crippen molar-refractivity contribution in [3.8, 4) is 12.1 Å². The summed E-state index contributed by atoms with van der Waals surface area (Å²) in [6, 6.07) is 1.86. The maximum absolute atomic E-state index is 8.42. The third-order valence-electron chi connectivity index (χ3n) is 0.622. The van der Waals surface area contributed by atoms with Gasteiger partial charge in [0, 0.05) is 0 Å². The fourth-order valence-electron chi connectivity index (χ4n) is 0.151. The molecule has 0 amide bonds. The topological polar surface area (TPSA) is 93.8 Å². The van der Waals surface area contributed by atoms with Crippen molar-refractivity contribution in [3.63, 3.8) is 0 Å². The minimum Gasteiger partial charge on any atom is -0.375 e. The summed E-state index contributed by atoms with van der Waals surface area (Å²) < 4.78 is 0. The molecule has 0 heterocycles. The lowest BCUT2D eigenvalue weighted by molar-refractivity contribution is 0.218. The maximum Gasteiger partial charge on any atom is 0.168 e. The summed E-state index contributed by atoms with van der Waals surface area (Å²) in [4.78, 5) is 0. The fourth-order valence-corrected chi connectivity index (χ4v) is 0.151. The van der Waals surface area contributed by atoms with Crippen LogP contribution in [0.1, 0.15) is 0 Å². The van der Waals surface area contributed by atoms with Crippen molar-refractivity contribution >= 4 is 0 Å². The highest BCUT2D eigenvalue weighted by molar-refractivity contribution is 5.01. The highest BCUT2D eigenvalue weighted by Crippen LogP contribution is 1.82. The molecule has 4 nitrogen and oxygen atoms in total. The third-order valence-corrected chi connectivity index (χ3v) is 0.622. The first-order valence-corrected chi connectivity index (χ1v) is 1.95. The normalized spacial score (nSPS) is 15.5. The number of rotatable bonds is 1. The van der Waals surface area contributed by atoms with Gasteiger partial charge in [0.1, 0.15) is 6.04 Å². The van der Waals surface area contributed by atoms with E-state index in [0.29, 0.717) is 0 Å². The second kappa shape index (κ2) is 2.98. The van der Waals surface area contributed by atoms with Gasteiger partial charge in [-0.2, -0.15) is 10.5 Å². The zero-order valence-electron chi connectivity index (χ0n) is 4.07. The van der Waals surface area contributed by atoms with E-state index in [2.05, 4.69) is 0 Å². The second-order valence-corrected chi connectivity index (χ2v) is 1.23. The van der Waals surface area contributed by atoms with E-state index in [1.807, 2.05) is 0 Å². The molecule has 2 atom stereocenters. The zero-order valence-corrected chi connectivity index (χ0v) is 4.07. The number of hydrogen-bond acceptors (Lipinski definition) is 4. The molecule has 0 aromatic carbocycles. The van der Waals surface area contributed by atoms with Crippen LogP contribution in [0, 0.1) is 22.7 Å². The molecular weight excluding hydrogens is 106 g/mol. The lowest BCUT2D eigenvalue weighted by Crippen LogP contribution is -2.31. The number of nitrogens with two attached hydrogens (primary N) is 1. The van der Waals surface area contributed by atoms with E-state index in [1.54, 1.807) is 0 Å². The number of hydrogen-bond donors (Lipinski definition) is 2. The molecule has 0 aliphatic rings. The van der Waals surface area contributed by atoms with Gasteiger partial charge >= 0.3 is 0 Å². The van der Waals surface area contributed by atoms with Gasteiger partial charge in [0.15, 0.2) is 6.10 Å². The van der Waals surface area contributed by atoms with Crippen LogP contribution in [0.5, 0.6) is 0 Å². The van der Waals surface area contributed by atoms with Gasteiger partial charge in [-0.3, -0.25) is 0 Å². The Morgan fingerprint density at radius 3 is 2.00 bits per heavy atom. The van der Waals surface area contributed by atoms with E-state index in [4.69, 9.17) is 21.4 Å². The molecule has 0 rings (SSSR count). The maximum atomic E-state index is 8.42. The first kappa shape index (κ1) is 6.90. The first-order chi connectivity index (χ1) is 3.72. The average molecular weight is 111 g/mol. The Balaban J connectivity index is 3.72. The molecular formula is C4H5N3O. The molecule has 0 saturated heterocycles. The van der Waals surface area contributed by atoms with Gasteiger partial charge in [-0.25, -0.2) is 0 Å². The van der Waals surface area contributed by atoms with Crippen molar-refractivity contribution in [2.45, 2.75) is 12.1 Å². The van der Waals surface area contributed by atoms with Gasteiger partial charge < -0.3 is 10.8 Å². The van der Waals surface area contributed by atoms with Crippen molar-refractivity contribution in [2.24, 2.45) is 5.73 Å². The van der Waals surface area contributed by atoms with Crippen LogP contribution in [0.4, 0.5) is 0 Å². The summed E-state index contributed by atoms with van der Waals surface area (Å²) in [6.45, 7) is 0. The van der Waals surface area contributed by atoms with Gasteiger partial charge in [-0.05, 0) is 0 Å². The number of aliphatic hydroxyl groups is 1. The number of aliphatic hydroxyl groups excluding tert-OH is 1. The minimum atomic E-state index is -1.36. The van der Waals surface area contributed by atoms with Crippen molar-refractivity contribution in [1.29, 1.82) is 10.5 Å². The van der Waals surface area contributed by atoms with E-state index in [9.17, 15) is 0 Å². The molecule has 0 saturated carbocycles. The van der Waals surface area contributed by atoms with Gasteiger partial charge in [-0.1, -0.05) is 0 Å². The Kier molecular flexibility index (Phi) is 2.57. The Morgan fingerprint density at radius 2 is 1.88 bits per heavy atom. The van der Waals surface area contributed by atoms with Crippen LogP contribution in [0.25, 0.3) is 0 Å². The van der Waals surface area contributed by atoms with Crippen LogP contribution in [0.15, 0.2) is 0 Å². The molecule has 8 heavy (non-hydrogen) atoms. The second-order valence-electron chi connectivity index (χ2n) is 1.23. The zero-order chi connectivity index (χ0) is 6.57. The smallest absolute Gasteiger partial charge is 0.168 e. The molecule has 4 heteroatoms. The average Bonchev–Trinajstić information content (AvgIpc) is 1.84. The van der Waals surface area contributed by atoms with E-state index < -0.39 is 12.1 Å². The van der Waals surface area contributed by atoms with E-state index in [1.165, 1.54) is 12.1 Å².